The van der Waals surface area contributed by atoms with Crippen molar-refractivity contribution in [1.29, 1.82) is 0 Å². The zero-order chi connectivity index (χ0) is 10.7. The molecular weight excluding hydrogens is 192 g/mol. The van der Waals surface area contributed by atoms with Gasteiger partial charge in [0, 0.05) is 11.4 Å². The van der Waals surface area contributed by atoms with Crippen LogP contribution in [0.5, 0.6) is 0 Å². The first-order valence-electron chi connectivity index (χ1n) is 5.69. The van der Waals surface area contributed by atoms with Gasteiger partial charge in [-0.1, -0.05) is 13.8 Å². The molecule has 2 aliphatic rings. The molecule has 0 N–H and O–H groups in total. The van der Waals surface area contributed by atoms with Crippen molar-refractivity contribution >= 4 is 11.8 Å². The molecule has 0 aromatic heterocycles. The van der Waals surface area contributed by atoms with Gasteiger partial charge in [0.05, 0.1) is 5.60 Å². The third kappa shape index (κ3) is 4.70. The third-order valence-corrected chi connectivity index (χ3v) is 4.31. The van der Waals surface area contributed by atoms with E-state index in [1.165, 1.54) is 31.4 Å². The summed E-state index contributed by atoms with van der Waals surface area (Å²) in [4.78, 5) is 0. The summed E-state index contributed by atoms with van der Waals surface area (Å²) in [5.74, 6) is 1.38. The van der Waals surface area contributed by atoms with E-state index in [2.05, 4.69) is 39.5 Å². The van der Waals surface area contributed by atoms with Crippen LogP contribution >= 0.6 is 11.8 Å². The largest absolute Gasteiger partial charge is 0.376 e. The minimum absolute atomic E-state index is 0.194. The Morgan fingerprint density at radius 3 is 1.86 bits per heavy atom. The second-order valence-corrected chi connectivity index (χ2v) is 7.23. The van der Waals surface area contributed by atoms with Crippen molar-refractivity contribution in [3.05, 3.63) is 0 Å². The molecule has 2 fully saturated rings. The molecule has 1 nitrogen and oxygen atoms in total. The van der Waals surface area contributed by atoms with Crippen molar-refractivity contribution in [3.8, 4) is 0 Å². The molecule has 0 radical (unpaired) electrons. The molecular formula is C12H24OS. The Morgan fingerprint density at radius 1 is 1.00 bits per heavy atom. The second-order valence-electron chi connectivity index (χ2n) is 5.42. The minimum atomic E-state index is 0.194. The Kier molecular flexibility index (Phi) is 4.32. The maximum Gasteiger partial charge on any atom is 0.0627 e. The molecule has 0 unspecified atom stereocenters. The number of rotatable bonds is 0. The zero-order valence-corrected chi connectivity index (χ0v) is 10.9. The summed E-state index contributed by atoms with van der Waals surface area (Å²) in [6.07, 6.45) is 5.31. The molecule has 2 aliphatic heterocycles. The molecule has 0 bridgehead atoms. The van der Waals surface area contributed by atoms with Crippen LogP contribution in [-0.4, -0.2) is 22.7 Å². The Bertz CT molecular complexity index is 139. The SMILES string of the molecule is CC1(C)CCCO1.CC1(C)CCCS1. The summed E-state index contributed by atoms with van der Waals surface area (Å²) < 4.78 is 5.95. The lowest BCUT2D eigenvalue weighted by atomic mass is 10.1. The second kappa shape index (κ2) is 4.89. The highest BCUT2D eigenvalue weighted by Crippen LogP contribution is 2.36. The fourth-order valence-corrected chi connectivity index (χ4v) is 2.97. The van der Waals surface area contributed by atoms with E-state index >= 15 is 0 Å². The highest BCUT2D eigenvalue weighted by molar-refractivity contribution is 8.00. The van der Waals surface area contributed by atoms with Crippen LogP contribution in [0, 0.1) is 0 Å². The maximum absolute atomic E-state index is 5.34. The molecule has 0 saturated carbocycles. The highest BCUT2D eigenvalue weighted by Gasteiger charge is 2.23. The van der Waals surface area contributed by atoms with Gasteiger partial charge in [-0.3, -0.25) is 0 Å². The van der Waals surface area contributed by atoms with E-state index in [4.69, 9.17) is 4.74 Å². The number of hydrogen-bond donors (Lipinski definition) is 0. The smallest absolute Gasteiger partial charge is 0.0627 e. The van der Waals surface area contributed by atoms with Gasteiger partial charge < -0.3 is 4.74 Å². The molecule has 2 rings (SSSR count). The Morgan fingerprint density at radius 2 is 1.71 bits per heavy atom. The average Bonchev–Trinajstić information content (AvgIpc) is 2.60. The van der Waals surface area contributed by atoms with Crippen LogP contribution in [0.2, 0.25) is 0 Å². The maximum atomic E-state index is 5.34. The molecule has 0 aromatic carbocycles. The van der Waals surface area contributed by atoms with Gasteiger partial charge in [-0.25, -0.2) is 0 Å². The van der Waals surface area contributed by atoms with Gasteiger partial charge in [0.2, 0.25) is 0 Å². The molecule has 0 aromatic rings. The van der Waals surface area contributed by atoms with Crippen LogP contribution in [0.15, 0.2) is 0 Å². The Labute approximate surface area is 93.0 Å². The van der Waals surface area contributed by atoms with E-state index in [0.717, 1.165) is 6.61 Å². The summed E-state index contributed by atoms with van der Waals surface area (Å²) in [7, 11) is 0. The summed E-state index contributed by atoms with van der Waals surface area (Å²) >= 11 is 2.10. The van der Waals surface area contributed by atoms with E-state index in [9.17, 15) is 0 Å². The Hall–Kier alpha value is 0.310. The van der Waals surface area contributed by atoms with Crippen LogP contribution < -0.4 is 0 Å². The zero-order valence-electron chi connectivity index (χ0n) is 10.1. The van der Waals surface area contributed by atoms with Crippen molar-refractivity contribution in [2.75, 3.05) is 12.4 Å². The van der Waals surface area contributed by atoms with Crippen molar-refractivity contribution < 1.29 is 4.74 Å². The number of ether oxygens (including phenoxy) is 1. The number of hydrogen-bond acceptors (Lipinski definition) is 2. The lowest BCUT2D eigenvalue weighted by Gasteiger charge is -2.14. The summed E-state index contributed by atoms with van der Waals surface area (Å²) in [5.41, 5.74) is 0.194. The topological polar surface area (TPSA) is 9.23 Å². The normalized spacial score (nSPS) is 28.3. The van der Waals surface area contributed by atoms with Gasteiger partial charge in [-0.2, -0.15) is 11.8 Å². The molecule has 2 heterocycles. The molecule has 0 amide bonds. The third-order valence-electron chi connectivity index (χ3n) is 2.83. The quantitative estimate of drug-likeness (QED) is 0.608. The monoisotopic (exact) mass is 216 g/mol. The van der Waals surface area contributed by atoms with Crippen LogP contribution in [0.1, 0.15) is 53.4 Å². The lowest BCUT2D eigenvalue weighted by molar-refractivity contribution is 0.0367. The summed E-state index contributed by atoms with van der Waals surface area (Å²) in [5, 5.41) is 0. The average molecular weight is 216 g/mol. The van der Waals surface area contributed by atoms with Gasteiger partial charge in [0.15, 0.2) is 0 Å². The van der Waals surface area contributed by atoms with Gasteiger partial charge in [0.1, 0.15) is 0 Å². The molecule has 0 atom stereocenters. The molecule has 0 spiro atoms. The molecule has 14 heavy (non-hydrogen) atoms. The van der Waals surface area contributed by atoms with E-state index in [1.807, 2.05) is 0 Å². The standard InChI is InChI=1S/C6H12O.C6H12S/c2*1-6(2)4-3-5-7-6/h2*3-5H2,1-2H3. The Balaban J connectivity index is 0.000000140. The first-order valence-corrected chi connectivity index (χ1v) is 6.68. The lowest BCUT2D eigenvalue weighted by Crippen LogP contribution is -2.15. The van der Waals surface area contributed by atoms with E-state index in [-0.39, 0.29) is 5.60 Å². The van der Waals surface area contributed by atoms with Crippen LogP contribution in [0.25, 0.3) is 0 Å². The van der Waals surface area contributed by atoms with Crippen molar-refractivity contribution in [1.82, 2.24) is 0 Å². The fourth-order valence-electron chi connectivity index (χ4n) is 1.84. The predicted octanol–water partition coefficient (Wildman–Crippen LogP) is 3.87. The van der Waals surface area contributed by atoms with Crippen LogP contribution in [0.3, 0.4) is 0 Å². The fraction of sp³-hybridized carbons (Fsp3) is 1.00. The van der Waals surface area contributed by atoms with Crippen molar-refractivity contribution in [2.45, 2.75) is 63.7 Å². The van der Waals surface area contributed by atoms with Gasteiger partial charge in [-0.15, -0.1) is 0 Å². The first-order chi connectivity index (χ1) is 6.41. The predicted molar refractivity (Wildman–Crippen MR) is 65.0 cm³/mol. The first kappa shape index (κ1) is 12.4. The minimum Gasteiger partial charge on any atom is -0.376 e. The van der Waals surface area contributed by atoms with Crippen LogP contribution in [0.4, 0.5) is 0 Å². The highest BCUT2D eigenvalue weighted by atomic mass is 32.2. The van der Waals surface area contributed by atoms with Crippen molar-refractivity contribution in [3.63, 3.8) is 0 Å². The molecule has 2 heteroatoms. The molecule has 0 aliphatic carbocycles. The molecule has 2 saturated heterocycles. The van der Waals surface area contributed by atoms with Crippen LogP contribution in [-0.2, 0) is 4.74 Å². The van der Waals surface area contributed by atoms with Gasteiger partial charge in [-0.05, 0) is 45.3 Å². The van der Waals surface area contributed by atoms with Gasteiger partial charge >= 0.3 is 0 Å². The van der Waals surface area contributed by atoms with Gasteiger partial charge in [0.25, 0.3) is 0 Å². The van der Waals surface area contributed by atoms with E-state index < -0.39 is 0 Å². The van der Waals surface area contributed by atoms with Crippen molar-refractivity contribution in [2.24, 2.45) is 0 Å². The molecule has 84 valence electrons. The summed E-state index contributed by atoms with van der Waals surface area (Å²) in [6, 6.07) is 0. The summed E-state index contributed by atoms with van der Waals surface area (Å²) in [6.45, 7) is 9.89. The van der Waals surface area contributed by atoms with E-state index in [0.29, 0.717) is 4.75 Å². The van der Waals surface area contributed by atoms with E-state index in [1.54, 1.807) is 0 Å². The number of thioether (sulfide) groups is 1.